The Bertz CT molecular complexity index is 840. The summed E-state index contributed by atoms with van der Waals surface area (Å²) in [5.74, 6) is 0.127. The Morgan fingerprint density at radius 2 is 1.88 bits per heavy atom. The minimum atomic E-state index is 0.127. The number of carbonyl (C=O) groups excluding carboxylic acids is 1. The first-order valence-electron chi connectivity index (χ1n) is 8.44. The van der Waals surface area contributed by atoms with E-state index in [9.17, 15) is 4.79 Å². The van der Waals surface area contributed by atoms with Crippen LogP contribution in [0.3, 0.4) is 0 Å². The number of para-hydroxylation sites is 1. The molecule has 1 unspecified atom stereocenters. The minimum Gasteiger partial charge on any atom is -0.361 e. The van der Waals surface area contributed by atoms with Crippen molar-refractivity contribution >= 4 is 16.8 Å². The Balaban J connectivity index is 1.59. The molecule has 122 valence electrons. The molecule has 1 atom stereocenters. The molecule has 2 heterocycles. The van der Waals surface area contributed by atoms with Gasteiger partial charge in [0, 0.05) is 48.3 Å². The highest BCUT2D eigenvalue weighted by atomic mass is 16.2. The van der Waals surface area contributed by atoms with E-state index in [1.54, 1.807) is 0 Å². The molecule has 3 aromatic rings. The molecule has 1 saturated heterocycles. The molecule has 24 heavy (non-hydrogen) atoms. The van der Waals surface area contributed by atoms with Gasteiger partial charge < -0.3 is 15.2 Å². The summed E-state index contributed by atoms with van der Waals surface area (Å²) in [7, 11) is 0. The number of aromatic nitrogens is 1. The van der Waals surface area contributed by atoms with Gasteiger partial charge in [0.15, 0.2) is 0 Å². The maximum atomic E-state index is 12.9. The number of aromatic amines is 1. The average molecular weight is 319 g/mol. The quantitative estimate of drug-likeness (QED) is 0.780. The second kappa shape index (κ2) is 6.49. The number of nitrogens with one attached hydrogen (secondary N) is 2. The van der Waals surface area contributed by atoms with Gasteiger partial charge in [0.1, 0.15) is 0 Å². The van der Waals surface area contributed by atoms with Gasteiger partial charge in [-0.05, 0) is 30.2 Å². The van der Waals surface area contributed by atoms with Crippen LogP contribution in [0, 0.1) is 0 Å². The number of H-pyrrole nitrogens is 1. The lowest BCUT2D eigenvalue weighted by Crippen LogP contribution is -2.54. The Kier molecular flexibility index (Phi) is 4.05. The smallest absolute Gasteiger partial charge is 0.254 e. The molecular weight excluding hydrogens is 298 g/mol. The van der Waals surface area contributed by atoms with Gasteiger partial charge in [-0.3, -0.25) is 4.79 Å². The molecule has 0 saturated carbocycles. The van der Waals surface area contributed by atoms with Crippen LogP contribution in [0.2, 0.25) is 0 Å². The van der Waals surface area contributed by atoms with E-state index >= 15 is 0 Å². The van der Waals surface area contributed by atoms with Gasteiger partial charge in [0.05, 0.1) is 0 Å². The van der Waals surface area contributed by atoms with Gasteiger partial charge in [-0.2, -0.15) is 0 Å². The summed E-state index contributed by atoms with van der Waals surface area (Å²) in [4.78, 5) is 18.2. The predicted octanol–water partition coefficient (Wildman–Crippen LogP) is 2.82. The van der Waals surface area contributed by atoms with E-state index in [1.807, 2.05) is 41.3 Å². The van der Waals surface area contributed by atoms with Crippen molar-refractivity contribution in [2.24, 2.45) is 0 Å². The number of fused-ring (bicyclic) bond motifs is 1. The third-order valence-electron chi connectivity index (χ3n) is 4.76. The molecule has 0 radical (unpaired) electrons. The summed E-state index contributed by atoms with van der Waals surface area (Å²) < 4.78 is 0. The van der Waals surface area contributed by atoms with Crippen molar-refractivity contribution in [3.8, 4) is 0 Å². The van der Waals surface area contributed by atoms with E-state index in [2.05, 4.69) is 34.7 Å². The van der Waals surface area contributed by atoms with Crippen molar-refractivity contribution in [1.29, 1.82) is 0 Å². The summed E-state index contributed by atoms with van der Waals surface area (Å²) in [6, 6.07) is 18.1. The van der Waals surface area contributed by atoms with Crippen molar-refractivity contribution in [1.82, 2.24) is 15.2 Å². The normalized spacial score (nSPS) is 18.0. The van der Waals surface area contributed by atoms with Crippen LogP contribution >= 0.6 is 0 Å². The molecule has 2 aromatic carbocycles. The molecule has 2 N–H and O–H groups in total. The van der Waals surface area contributed by atoms with Gasteiger partial charge in [0.2, 0.25) is 0 Å². The zero-order valence-electron chi connectivity index (χ0n) is 13.5. The molecule has 0 aliphatic carbocycles. The number of hydrogen-bond donors (Lipinski definition) is 2. The number of nitrogens with zero attached hydrogens (tertiary/aromatic N) is 1. The summed E-state index contributed by atoms with van der Waals surface area (Å²) in [6.45, 7) is 2.43. The standard InChI is InChI=1S/C20H21N3O/c24-20(15-6-2-1-3-7-15)23-11-10-21-14-17(23)12-16-13-22-19-9-5-4-8-18(16)19/h1-9,13,17,21-22H,10-12,14H2. The monoisotopic (exact) mass is 319 g/mol. The molecule has 0 spiro atoms. The van der Waals surface area contributed by atoms with Crippen LogP contribution < -0.4 is 5.32 Å². The molecule has 4 nitrogen and oxygen atoms in total. The second-order valence-corrected chi connectivity index (χ2v) is 6.29. The van der Waals surface area contributed by atoms with Crippen LogP contribution in [0.1, 0.15) is 15.9 Å². The molecule has 4 heteroatoms. The zero-order chi connectivity index (χ0) is 16.4. The third kappa shape index (κ3) is 2.81. The van der Waals surface area contributed by atoms with Crippen molar-refractivity contribution < 1.29 is 4.79 Å². The second-order valence-electron chi connectivity index (χ2n) is 6.29. The fraction of sp³-hybridized carbons (Fsp3) is 0.250. The first-order valence-corrected chi connectivity index (χ1v) is 8.44. The lowest BCUT2D eigenvalue weighted by molar-refractivity contribution is 0.0636. The lowest BCUT2D eigenvalue weighted by Gasteiger charge is -2.36. The van der Waals surface area contributed by atoms with Crippen LogP contribution in [0.15, 0.2) is 60.8 Å². The maximum Gasteiger partial charge on any atom is 0.254 e. The predicted molar refractivity (Wildman–Crippen MR) is 96.1 cm³/mol. The molecule has 1 amide bonds. The topological polar surface area (TPSA) is 48.1 Å². The summed E-state index contributed by atoms with van der Waals surface area (Å²) in [5.41, 5.74) is 3.19. The summed E-state index contributed by atoms with van der Waals surface area (Å²) in [6.07, 6.45) is 2.93. The zero-order valence-corrected chi connectivity index (χ0v) is 13.5. The number of carbonyl (C=O) groups is 1. The van der Waals surface area contributed by atoms with Crippen LogP contribution in [0.5, 0.6) is 0 Å². The third-order valence-corrected chi connectivity index (χ3v) is 4.76. The number of piperazine rings is 1. The first kappa shape index (κ1) is 15.0. The molecule has 1 fully saturated rings. The highest BCUT2D eigenvalue weighted by molar-refractivity contribution is 5.94. The fourth-order valence-corrected chi connectivity index (χ4v) is 3.51. The van der Waals surface area contributed by atoms with E-state index in [0.29, 0.717) is 0 Å². The summed E-state index contributed by atoms with van der Waals surface area (Å²) in [5, 5.41) is 4.67. The van der Waals surface area contributed by atoms with Crippen LogP contribution in [0.4, 0.5) is 0 Å². The van der Waals surface area contributed by atoms with Crippen molar-refractivity contribution in [3.05, 3.63) is 71.9 Å². The molecule has 4 rings (SSSR count). The van der Waals surface area contributed by atoms with E-state index in [0.717, 1.165) is 37.1 Å². The Morgan fingerprint density at radius 3 is 2.75 bits per heavy atom. The number of amides is 1. The summed E-state index contributed by atoms with van der Waals surface area (Å²) >= 11 is 0. The van der Waals surface area contributed by atoms with Crippen molar-refractivity contribution in [3.63, 3.8) is 0 Å². The number of hydrogen-bond acceptors (Lipinski definition) is 2. The van der Waals surface area contributed by atoms with E-state index in [4.69, 9.17) is 0 Å². The van der Waals surface area contributed by atoms with Crippen molar-refractivity contribution in [2.45, 2.75) is 12.5 Å². The maximum absolute atomic E-state index is 12.9. The fourth-order valence-electron chi connectivity index (χ4n) is 3.51. The van der Waals surface area contributed by atoms with E-state index in [1.165, 1.54) is 10.9 Å². The molecule has 1 aliphatic rings. The van der Waals surface area contributed by atoms with E-state index in [-0.39, 0.29) is 11.9 Å². The number of benzene rings is 2. The van der Waals surface area contributed by atoms with E-state index < -0.39 is 0 Å². The number of rotatable bonds is 3. The van der Waals surface area contributed by atoms with Crippen LogP contribution in [0.25, 0.3) is 10.9 Å². The average Bonchev–Trinajstić information content (AvgIpc) is 3.05. The highest BCUT2D eigenvalue weighted by Gasteiger charge is 2.28. The van der Waals surface area contributed by atoms with Gasteiger partial charge in [0.25, 0.3) is 5.91 Å². The Morgan fingerprint density at radius 1 is 1.08 bits per heavy atom. The van der Waals surface area contributed by atoms with Gasteiger partial charge in [-0.25, -0.2) is 0 Å². The van der Waals surface area contributed by atoms with Gasteiger partial charge in [-0.1, -0.05) is 36.4 Å². The van der Waals surface area contributed by atoms with Crippen LogP contribution in [-0.2, 0) is 6.42 Å². The van der Waals surface area contributed by atoms with Crippen molar-refractivity contribution in [2.75, 3.05) is 19.6 Å². The SMILES string of the molecule is O=C(c1ccccc1)N1CCNCC1Cc1c[nH]c2ccccc12. The molecular formula is C20H21N3O. The van der Waals surface area contributed by atoms with Crippen LogP contribution in [-0.4, -0.2) is 41.5 Å². The Labute approximate surface area is 141 Å². The molecule has 0 bridgehead atoms. The largest absolute Gasteiger partial charge is 0.361 e. The minimum absolute atomic E-state index is 0.127. The highest BCUT2D eigenvalue weighted by Crippen LogP contribution is 2.22. The Hall–Kier alpha value is -2.59. The first-order chi connectivity index (χ1) is 11.8. The molecule has 1 aliphatic heterocycles. The van der Waals surface area contributed by atoms with Gasteiger partial charge in [-0.15, -0.1) is 0 Å². The van der Waals surface area contributed by atoms with Gasteiger partial charge >= 0.3 is 0 Å². The molecule has 1 aromatic heterocycles. The lowest BCUT2D eigenvalue weighted by atomic mass is 10.0.